The van der Waals surface area contributed by atoms with Gasteiger partial charge in [-0.3, -0.25) is 10.1 Å². The summed E-state index contributed by atoms with van der Waals surface area (Å²) in [7, 11) is -1.57. The zero-order valence-corrected chi connectivity index (χ0v) is 16.7. The first-order valence-electron chi connectivity index (χ1n) is 9.71. The fourth-order valence-electron chi connectivity index (χ4n) is 3.81. The molecule has 0 amide bonds. The van der Waals surface area contributed by atoms with Crippen molar-refractivity contribution in [3.8, 4) is 0 Å². The molecule has 0 saturated heterocycles. The summed E-state index contributed by atoms with van der Waals surface area (Å²) in [6.07, 6.45) is 2.93. The second kappa shape index (κ2) is 9.19. The molecule has 7 heteroatoms. The van der Waals surface area contributed by atoms with Crippen molar-refractivity contribution < 1.29 is 24.7 Å². The number of aliphatic hydroxyl groups is 1. The van der Waals surface area contributed by atoms with Crippen LogP contribution in [-0.4, -0.2) is 46.5 Å². The van der Waals surface area contributed by atoms with E-state index in [0.29, 0.717) is 12.0 Å². The van der Waals surface area contributed by atoms with E-state index in [2.05, 4.69) is 5.32 Å². The van der Waals surface area contributed by atoms with Gasteiger partial charge in [0.05, 0.1) is 6.10 Å². The van der Waals surface area contributed by atoms with Gasteiger partial charge in [0.25, 0.3) is 0 Å². The van der Waals surface area contributed by atoms with Gasteiger partial charge in [-0.2, -0.15) is 0 Å². The highest BCUT2D eigenvalue weighted by atomic mass is 16.5. The SMILES string of the molecule is C[C@@H](O)[C@H](NCc1cccc(B(O)O)c1C(C)(C)C)C(=O)OC1CCCC1. The normalized spacial score (nSPS) is 17.6. The van der Waals surface area contributed by atoms with Gasteiger partial charge in [-0.05, 0) is 54.6 Å². The molecular weight excluding hydrogens is 345 g/mol. The molecule has 0 heterocycles. The van der Waals surface area contributed by atoms with Crippen molar-refractivity contribution in [3.63, 3.8) is 0 Å². The number of esters is 1. The molecule has 0 bridgehead atoms. The molecule has 1 saturated carbocycles. The summed E-state index contributed by atoms with van der Waals surface area (Å²) < 4.78 is 5.54. The highest BCUT2D eigenvalue weighted by Gasteiger charge is 2.30. The standard InChI is InChI=1S/C20H32BNO5/c1-13(23)18(19(24)27-15-9-5-6-10-15)22-12-14-8-7-11-16(21(25)26)17(14)20(2,3)4/h7-8,11,13,15,18,22-23,25-26H,5-6,9-10,12H2,1-4H3/t13-,18+/m1/s1. The van der Waals surface area contributed by atoms with Crippen LogP contribution in [0.3, 0.4) is 0 Å². The Morgan fingerprint density at radius 3 is 2.44 bits per heavy atom. The fraction of sp³-hybridized carbons (Fsp3) is 0.650. The maximum Gasteiger partial charge on any atom is 0.488 e. The molecule has 0 unspecified atom stereocenters. The Morgan fingerprint density at radius 1 is 1.30 bits per heavy atom. The Bertz CT molecular complexity index is 636. The molecule has 0 aromatic heterocycles. The topological polar surface area (TPSA) is 99.0 Å². The van der Waals surface area contributed by atoms with Crippen LogP contribution in [-0.2, 0) is 21.5 Å². The Kier molecular flexibility index (Phi) is 7.45. The van der Waals surface area contributed by atoms with E-state index in [1.807, 2.05) is 26.8 Å². The minimum atomic E-state index is -1.57. The molecule has 6 nitrogen and oxygen atoms in total. The highest BCUT2D eigenvalue weighted by molar-refractivity contribution is 6.59. The van der Waals surface area contributed by atoms with E-state index >= 15 is 0 Å². The molecule has 150 valence electrons. The summed E-state index contributed by atoms with van der Waals surface area (Å²) in [5.41, 5.74) is 1.81. The summed E-state index contributed by atoms with van der Waals surface area (Å²) in [5, 5.41) is 32.6. The lowest BCUT2D eigenvalue weighted by molar-refractivity contribution is -0.154. The lowest BCUT2D eigenvalue weighted by atomic mass is 9.68. The van der Waals surface area contributed by atoms with Crippen molar-refractivity contribution in [2.45, 2.75) is 83.6 Å². The third-order valence-electron chi connectivity index (χ3n) is 5.04. The van der Waals surface area contributed by atoms with Gasteiger partial charge in [0.1, 0.15) is 12.1 Å². The molecule has 1 fully saturated rings. The van der Waals surface area contributed by atoms with Gasteiger partial charge in [-0.15, -0.1) is 0 Å². The van der Waals surface area contributed by atoms with Crippen molar-refractivity contribution in [1.82, 2.24) is 5.32 Å². The Balaban J connectivity index is 2.17. The van der Waals surface area contributed by atoms with Gasteiger partial charge in [0.15, 0.2) is 0 Å². The van der Waals surface area contributed by atoms with E-state index < -0.39 is 25.2 Å². The van der Waals surface area contributed by atoms with Gasteiger partial charge >= 0.3 is 13.1 Å². The Morgan fingerprint density at radius 2 is 1.93 bits per heavy atom. The fourth-order valence-corrected chi connectivity index (χ4v) is 3.81. The molecule has 4 N–H and O–H groups in total. The Hall–Kier alpha value is -1.41. The lowest BCUT2D eigenvalue weighted by Gasteiger charge is -2.28. The van der Waals surface area contributed by atoms with Crippen LogP contribution in [0.4, 0.5) is 0 Å². The van der Waals surface area contributed by atoms with E-state index in [-0.39, 0.29) is 11.5 Å². The smallest absolute Gasteiger partial charge is 0.461 e. The van der Waals surface area contributed by atoms with Crippen LogP contribution in [0.25, 0.3) is 0 Å². The maximum absolute atomic E-state index is 12.5. The molecule has 1 aromatic carbocycles. The van der Waals surface area contributed by atoms with E-state index in [1.165, 1.54) is 0 Å². The van der Waals surface area contributed by atoms with Crippen LogP contribution in [0.1, 0.15) is 64.5 Å². The third-order valence-corrected chi connectivity index (χ3v) is 5.04. The minimum absolute atomic E-state index is 0.0569. The van der Waals surface area contributed by atoms with Crippen LogP contribution in [0.2, 0.25) is 0 Å². The van der Waals surface area contributed by atoms with Crippen molar-refractivity contribution in [1.29, 1.82) is 0 Å². The number of hydrogen-bond donors (Lipinski definition) is 4. The third kappa shape index (κ3) is 5.78. The van der Waals surface area contributed by atoms with Crippen LogP contribution in [0.15, 0.2) is 18.2 Å². The van der Waals surface area contributed by atoms with E-state index in [9.17, 15) is 19.9 Å². The van der Waals surface area contributed by atoms with Crippen LogP contribution < -0.4 is 10.8 Å². The van der Waals surface area contributed by atoms with Gasteiger partial charge in [0, 0.05) is 6.54 Å². The minimum Gasteiger partial charge on any atom is -0.461 e. The van der Waals surface area contributed by atoms with Crippen LogP contribution in [0.5, 0.6) is 0 Å². The van der Waals surface area contributed by atoms with Gasteiger partial charge in [0.2, 0.25) is 0 Å². The van der Waals surface area contributed by atoms with E-state index in [1.54, 1.807) is 19.1 Å². The summed E-state index contributed by atoms with van der Waals surface area (Å²) >= 11 is 0. The first kappa shape index (κ1) is 21.9. The predicted molar refractivity (Wildman–Crippen MR) is 106 cm³/mol. The van der Waals surface area contributed by atoms with Crippen molar-refractivity contribution in [2.24, 2.45) is 0 Å². The zero-order valence-electron chi connectivity index (χ0n) is 16.7. The number of ether oxygens (including phenoxy) is 1. The molecule has 1 aromatic rings. The van der Waals surface area contributed by atoms with Gasteiger partial charge < -0.3 is 19.9 Å². The average Bonchev–Trinajstić information content (AvgIpc) is 3.06. The molecule has 1 aliphatic carbocycles. The number of hydrogen-bond acceptors (Lipinski definition) is 6. The molecule has 2 rings (SSSR count). The predicted octanol–water partition coefficient (Wildman–Crippen LogP) is 0.989. The average molecular weight is 377 g/mol. The van der Waals surface area contributed by atoms with Crippen molar-refractivity contribution in [3.05, 3.63) is 29.3 Å². The molecule has 2 atom stereocenters. The number of nitrogens with one attached hydrogen (secondary N) is 1. The van der Waals surface area contributed by atoms with E-state index in [0.717, 1.165) is 36.8 Å². The van der Waals surface area contributed by atoms with Gasteiger partial charge in [-0.25, -0.2) is 0 Å². The Labute approximate surface area is 162 Å². The molecule has 0 aliphatic heterocycles. The molecule has 27 heavy (non-hydrogen) atoms. The second-order valence-electron chi connectivity index (χ2n) is 8.45. The largest absolute Gasteiger partial charge is 0.488 e. The number of carbonyl (C=O) groups excluding carboxylic acids is 1. The lowest BCUT2D eigenvalue weighted by Crippen LogP contribution is -2.47. The second-order valence-corrected chi connectivity index (χ2v) is 8.45. The number of carbonyl (C=O) groups is 1. The first-order valence-corrected chi connectivity index (χ1v) is 9.71. The quantitative estimate of drug-likeness (QED) is 0.418. The molecular formula is C20H32BNO5. The van der Waals surface area contributed by atoms with Crippen molar-refractivity contribution in [2.75, 3.05) is 0 Å². The summed E-state index contributed by atoms with van der Waals surface area (Å²) in [5.74, 6) is -0.437. The van der Waals surface area contributed by atoms with Crippen LogP contribution >= 0.6 is 0 Å². The maximum atomic E-state index is 12.5. The summed E-state index contributed by atoms with van der Waals surface area (Å²) in [4.78, 5) is 12.5. The van der Waals surface area contributed by atoms with E-state index in [4.69, 9.17) is 4.74 Å². The van der Waals surface area contributed by atoms with Gasteiger partial charge in [-0.1, -0.05) is 39.0 Å². The van der Waals surface area contributed by atoms with Crippen LogP contribution in [0, 0.1) is 0 Å². The summed E-state index contributed by atoms with van der Waals surface area (Å²) in [6.45, 7) is 7.86. The van der Waals surface area contributed by atoms with Crippen molar-refractivity contribution >= 4 is 18.6 Å². The first-order chi connectivity index (χ1) is 12.6. The number of rotatable bonds is 7. The monoisotopic (exact) mass is 377 g/mol. The highest BCUT2D eigenvalue weighted by Crippen LogP contribution is 2.25. The molecule has 0 spiro atoms. The number of benzene rings is 1. The molecule has 1 aliphatic rings. The zero-order chi connectivity index (χ0) is 20.2. The summed E-state index contributed by atoms with van der Waals surface area (Å²) in [6, 6.07) is 4.51. The number of aliphatic hydroxyl groups excluding tert-OH is 1. The molecule has 0 radical (unpaired) electrons.